The monoisotopic (exact) mass is 635 g/mol. The average molecular weight is 637 g/mol. The van der Waals surface area contributed by atoms with E-state index in [1.54, 1.807) is 52.8 Å². The molecule has 222 valence electrons. The van der Waals surface area contributed by atoms with Crippen molar-refractivity contribution in [1.29, 1.82) is 0 Å². The van der Waals surface area contributed by atoms with Gasteiger partial charge in [-0.15, -0.1) is 0 Å². The van der Waals surface area contributed by atoms with E-state index in [0.29, 0.717) is 15.7 Å². The minimum Gasteiger partial charge on any atom is -0.465 e. The minimum atomic E-state index is -1.97. The van der Waals surface area contributed by atoms with Crippen molar-refractivity contribution in [1.82, 2.24) is 0 Å². The predicted molar refractivity (Wildman–Crippen MR) is 166 cm³/mol. The van der Waals surface area contributed by atoms with Crippen LogP contribution in [0.4, 0.5) is 0 Å². The van der Waals surface area contributed by atoms with Gasteiger partial charge in [-0.2, -0.15) is 0 Å². The number of carbonyl (C=O) groups excluding carboxylic acids is 3. The van der Waals surface area contributed by atoms with E-state index in [1.165, 1.54) is 6.92 Å². The van der Waals surface area contributed by atoms with Crippen LogP contribution in [0.2, 0.25) is 0 Å². The molecule has 0 saturated carbocycles. The summed E-state index contributed by atoms with van der Waals surface area (Å²) in [6, 6.07) is 24.6. The van der Waals surface area contributed by atoms with Crippen molar-refractivity contribution in [3.8, 4) is 0 Å². The zero-order chi connectivity index (χ0) is 30.9. The summed E-state index contributed by atoms with van der Waals surface area (Å²) in [5, 5.41) is 0. The number of halogens is 1. The Morgan fingerprint density at radius 3 is 1.62 bits per heavy atom. The highest BCUT2D eigenvalue weighted by molar-refractivity contribution is 9.10. The van der Waals surface area contributed by atoms with Gasteiger partial charge in [0.05, 0.1) is 18.9 Å². The van der Waals surface area contributed by atoms with Gasteiger partial charge < -0.3 is 14.2 Å². The molecule has 0 aromatic heterocycles. The quantitative estimate of drug-likeness (QED) is 0.0983. The molecule has 0 saturated heterocycles. The van der Waals surface area contributed by atoms with Gasteiger partial charge in [0.2, 0.25) is 0 Å². The van der Waals surface area contributed by atoms with Gasteiger partial charge in [-0.05, 0) is 53.2 Å². The van der Waals surface area contributed by atoms with Crippen LogP contribution in [-0.4, -0.2) is 48.5 Å². The van der Waals surface area contributed by atoms with Gasteiger partial charge in [-0.25, -0.2) is 4.79 Å². The van der Waals surface area contributed by atoms with Crippen LogP contribution < -0.4 is 0 Å². The van der Waals surface area contributed by atoms with E-state index < -0.39 is 40.9 Å². The number of nitrogens with zero attached hydrogens (tertiary/aromatic N) is 1. The van der Waals surface area contributed by atoms with E-state index in [4.69, 9.17) is 19.2 Å². The molecule has 0 aliphatic carbocycles. The third-order valence-corrected chi connectivity index (χ3v) is 7.31. The second-order valence-corrected chi connectivity index (χ2v) is 11.7. The molecule has 0 N–H and O–H groups in total. The van der Waals surface area contributed by atoms with Crippen molar-refractivity contribution in [2.75, 3.05) is 13.2 Å². The van der Waals surface area contributed by atoms with E-state index >= 15 is 0 Å². The highest BCUT2D eigenvalue weighted by Gasteiger charge is 2.57. The number of hydrogen-bond acceptors (Lipinski definition) is 7. The Balaban J connectivity index is 2.46. The third-order valence-electron chi connectivity index (χ3n) is 6.59. The molecular weight excluding hydrogens is 598 g/mol. The molecule has 0 heterocycles. The fourth-order valence-electron chi connectivity index (χ4n) is 4.70. The fraction of sp³-hybridized carbons (Fsp3) is 0.353. The van der Waals surface area contributed by atoms with Gasteiger partial charge in [0, 0.05) is 21.5 Å². The van der Waals surface area contributed by atoms with Crippen molar-refractivity contribution in [3.05, 3.63) is 106 Å². The number of hydrogen-bond donors (Lipinski definition) is 0. The molecule has 0 unspecified atom stereocenters. The zero-order valence-corrected chi connectivity index (χ0v) is 26.5. The van der Waals surface area contributed by atoms with Crippen molar-refractivity contribution >= 4 is 39.5 Å². The molecule has 0 amide bonds. The highest BCUT2D eigenvalue weighted by Crippen LogP contribution is 2.45. The molecule has 3 aromatic carbocycles. The molecule has 0 fully saturated rings. The van der Waals surface area contributed by atoms with Crippen LogP contribution in [0.25, 0.3) is 0 Å². The topological polar surface area (TPSA) is 91.3 Å². The van der Waals surface area contributed by atoms with Crippen molar-refractivity contribution in [2.24, 2.45) is 10.4 Å². The molecule has 42 heavy (non-hydrogen) atoms. The number of esters is 3. The van der Waals surface area contributed by atoms with E-state index in [2.05, 4.69) is 15.9 Å². The molecule has 7 nitrogen and oxygen atoms in total. The maximum absolute atomic E-state index is 14.2. The second-order valence-electron chi connectivity index (χ2n) is 10.8. The molecule has 3 rings (SSSR count). The largest absolute Gasteiger partial charge is 0.465 e. The van der Waals surface area contributed by atoms with E-state index in [1.807, 2.05) is 66.7 Å². The summed E-state index contributed by atoms with van der Waals surface area (Å²) in [5.41, 5.74) is -0.359. The lowest BCUT2D eigenvalue weighted by molar-refractivity contribution is -0.174. The Labute approximate surface area is 256 Å². The smallest absolute Gasteiger partial charge is 0.332 e. The van der Waals surface area contributed by atoms with Gasteiger partial charge in [0.25, 0.3) is 0 Å². The van der Waals surface area contributed by atoms with E-state index in [0.717, 1.165) is 11.1 Å². The Bertz CT molecular complexity index is 1340. The minimum absolute atomic E-state index is 0.0240. The maximum Gasteiger partial charge on any atom is 0.332 e. The van der Waals surface area contributed by atoms with Crippen molar-refractivity contribution in [3.63, 3.8) is 0 Å². The number of rotatable bonds is 11. The van der Waals surface area contributed by atoms with Crippen LogP contribution in [-0.2, 0) is 28.6 Å². The molecule has 3 aromatic rings. The molecule has 2 atom stereocenters. The van der Waals surface area contributed by atoms with Gasteiger partial charge >= 0.3 is 17.9 Å². The van der Waals surface area contributed by atoms with Gasteiger partial charge in [0.1, 0.15) is 5.60 Å². The summed E-state index contributed by atoms with van der Waals surface area (Å²) in [6.45, 7) is 10.1. The SMILES string of the molecule is CCOC(=O)C(C)(C(=O)OCC)[C@@H](c1ccccc1Br)[C@H](N=C(c1ccccc1)c1ccccc1)C(=O)OC(C)(C)C. The Kier molecular flexibility index (Phi) is 11.2. The molecule has 0 spiro atoms. The Morgan fingerprint density at radius 2 is 1.19 bits per heavy atom. The Morgan fingerprint density at radius 1 is 0.738 bits per heavy atom. The van der Waals surface area contributed by atoms with Crippen LogP contribution in [0.3, 0.4) is 0 Å². The average Bonchev–Trinajstić information content (AvgIpc) is 2.95. The van der Waals surface area contributed by atoms with E-state index in [9.17, 15) is 14.4 Å². The normalized spacial score (nSPS) is 12.9. The van der Waals surface area contributed by atoms with Crippen LogP contribution in [0.1, 0.15) is 64.2 Å². The van der Waals surface area contributed by atoms with Gasteiger partial charge in [0.15, 0.2) is 11.5 Å². The van der Waals surface area contributed by atoms with Crippen LogP contribution in [0.15, 0.2) is 94.4 Å². The van der Waals surface area contributed by atoms with Crippen LogP contribution >= 0.6 is 15.9 Å². The zero-order valence-electron chi connectivity index (χ0n) is 24.9. The molecule has 8 heteroatoms. The standard InChI is InChI=1S/C34H38BrNO6/c1-7-40-31(38)34(6,32(39)41-8-2)27(25-21-15-16-22-26(25)35)29(30(37)42-33(3,4)5)36-28(23-17-11-9-12-18-23)24-19-13-10-14-20-24/h9-22,27,29H,7-8H2,1-6H3/t27-,29-/m0/s1. The first-order valence-corrected chi connectivity index (χ1v) is 14.7. The molecule has 0 aliphatic heterocycles. The molecule has 0 aliphatic rings. The number of aliphatic imine (C=N–C) groups is 1. The van der Waals surface area contributed by atoms with Crippen molar-refractivity contribution in [2.45, 2.75) is 59.1 Å². The summed E-state index contributed by atoms with van der Waals surface area (Å²) in [4.78, 5) is 46.9. The van der Waals surface area contributed by atoms with Gasteiger partial charge in [-0.3, -0.25) is 14.6 Å². The summed E-state index contributed by atoms with van der Waals surface area (Å²) in [5.74, 6) is -3.53. The highest BCUT2D eigenvalue weighted by atomic mass is 79.9. The second kappa shape index (κ2) is 14.4. The molecular formula is C34H38BrNO6. The number of carbonyl (C=O) groups is 3. The van der Waals surface area contributed by atoms with Crippen molar-refractivity contribution < 1.29 is 28.6 Å². The number of benzene rings is 3. The summed E-state index contributed by atoms with van der Waals surface area (Å²) in [6.07, 6.45) is 0. The first-order valence-electron chi connectivity index (χ1n) is 13.9. The maximum atomic E-state index is 14.2. The summed E-state index contributed by atoms with van der Waals surface area (Å²) in [7, 11) is 0. The lowest BCUT2D eigenvalue weighted by Gasteiger charge is -2.37. The predicted octanol–water partition coefficient (Wildman–Crippen LogP) is 6.91. The fourth-order valence-corrected chi connectivity index (χ4v) is 5.23. The van der Waals surface area contributed by atoms with Gasteiger partial charge in [-0.1, -0.05) is 94.8 Å². The lowest BCUT2D eigenvalue weighted by Crippen LogP contribution is -2.51. The third kappa shape index (κ3) is 7.73. The summed E-state index contributed by atoms with van der Waals surface area (Å²) >= 11 is 3.60. The Hall–Kier alpha value is -3.78. The molecule has 0 radical (unpaired) electrons. The first-order chi connectivity index (χ1) is 19.9. The summed E-state index contributed by atoms with van der Waals surface area (Å²) < 4.78 is 17.4. The molecule has 0 bridgehead atoms. The lowest BCUT2D eigenvalue weighted by atomic mass is 9.69. The van der Waals surface area contributed by atoms with Crippen LogP contribution in [0.5, 0.6) is 0 Å². The van der Waals surface area contributed by atoms with Crippen LogP contribution in [0, 0.1) is 5.41 Å². The number of ether oxygens (including phenoxy) is 3. The first kappa shape index (κ1) is 32.7. The van der Waals surface area contributed by atoms with E-state index in [-0.39, 0.29) is 13.2 Å².